The van der Waals surface area contributed by atoms with Crippen molar-refractivity contribution in [1.82, 2.24) is 5.32 Å². The van der Waals surface area contributed by atoms with E-state index in [9.17, 15) is 0 Å². The molecule has 2 aromatic carbocycles. The lowest BCUT2D eigenvalue weighted by atomic mass is 10.0. The fourth-order valence-corrected chi connectivity index (χ4v) is 2.57. The third kappa shape index (κ3) is 3.62. The van der Waals surface area contributed by atoms with E-state index in [1.165, 1.54) is 27.8 Å². The third-order valence-corrected chi connectivity index (χ3v) is 4.13. The predicted octanol–water partition coefficient (Wildman–Crippen LogP) is 5.12. The van der Waals surface area contributed by atoms with Crippen molar-refractivity contribution >= 4 is 11.6 Å². The summed E-state index contributed by atoms with van der Waals surface area (Å²) in [6, 6.07) is 12.9. The lowest BCUT2D eigenvalue weighted by molar-refractivity contribution is 0.573. The van der Waals surface area contributed by atoms with Crippen LogP contribution in [0.25, 0.3) is 0 Å². The van der Waals surface area contributed by atoms with Crippen LogP contribution < -0.4 is 5.32 Å². The van der Waals surface area contributed by atoms with Crippen LogP contribution >= 0.6 is 11.6 Å². The van der Waals surface area contributed by atoms with Gasteiger partial charge in [-0.2, -0.15) is 0 Å². The summed E-state index contributed by atoms with van der Waals surface area (Å²) in [6.07, 6.45) is 0. The quantitative estimate of drug-likeness (QED) is 0.823. The summed E-state index contributed by atoms with van der Waals surface area (Å²) >= 11 is 6.04. The smallest absolute Gasteiger partial charge is 0.0409 e. The SMILES string of the molecule is Cc1cc(C)c(CNC(C)c2cccc(Cl)c2)cc1C. The van der Waals surface area contributed by atoms with Gasteiger partial charge in [-0.25, -0.2) is 0 Å². The summed E-state index contributed by atoms with van der Waals surface area (Å²) in [4.78, 5) is 0. The van der Waals surface area contributed by atoms with Gasteiger partial charge in [0.25, 0.3) is 0 Å². The molecule has 1 atom stereocenters. The molecule has 0 saturated heterocycles. The highest BCUT2D eigenvalue weighted by molar-refractivity contribution is 6.30. The van der Waals surface area contributed by atoms with Gasteiger partial charge in [-0.15, -0.1) is 0 Å². The van der Waals surface area contributed by atoms with Crippen LogP contribution in [0.4, 0.5) is 0 Å². The number of hydrogen-bond acceptors (Lipinski definition) is 1. The lowest BCUT2D eigenvalue weighted by Crippen LogP contribution is -2.18. The Morgan fingerprint density at radius 3 is 2.40 bits per heavy atom. The van der Waals surface area contributed by atoms with E-state index >= 15 is 0 Å². The first-order valence-corrected chi connectivity index (χ1v) is 7.40. The normalized spacial score (nSPS) is 12.4. The molecule has 0 spiro atoms. The van der Waals surface area contributed by atoms with Crippen molar-refractivity contribution in [2.24, 2.45) is 0 Å². The Morgan fingerprint density at radius 1 is 1.00 bits per heavy atom. The fraction of sp³-hybridized carbons (Fsp3) is 0.333. The minimum atomic E-state index is 0.287. The zero-order valence-corrected chi connectivity index (χ0v) is 13.4. The van der Waals surface area contributed by atoms with Crippen LogP contribution in [-0.4, -0.2) is 0 Å². The maximum atomic E-state index is 6.04. The van der Waals surface area contributed by atoms with Crippen LogP contribution in [0.3, 0.4) is 0 Å². The molecule has 2 heteroatoms. The number of aryl methyl sites for hydroxylation is 3. The zero-order chi connectivity index (χ0) is 14.7. The van der Waals surface area contributed by atoms with Gasteiger partial charge in [0.1, 0.15) is 0 Å². The van der Waals surface area contributed by atoms with Gasteiger partial charge in [-0.3, -0.25) is 0 Å². The summed E-state index contributed by atoms with van der Waals surface area (Å²) in [7, 11) is 0. The molecule has 0 fully saturated rings. The summed E-state index contributed by atoms with van der Waals surface area (Å²) < 4.78 is 0. The number of hydrogen-bond donors (Lipinski definition) is 1. The zero-order valence-electron chi connectivity index (χ0n) is 12.6. The molecule has 0 bridgehead atoms. The molecule has 0 amide bonds. The molecular weight excluding hydrogens is 266 g/mol. The van der Waals surface area contributed by atoms with Crippen LogP contribution in [0.1, 0.15) is 40.8 Å². The molecule has 0 radical (unpaired) electrons. The van der Waals surface area contributed by atoms with Gasteiger partial charge in [-0.05, 0) is 67.6 Å². The monoisotopic (exact) mass is 287 g/mol. The molecule has 0 aromatic heterocycles. The van der Waals surface area contributed by atoms with Crippen molar-refractivity contribution < 1.29 is 0 Å². The van der Waals surface area contributed by atoms with Gasteiger partial charge in [0.15, 0.2) is 0 Å². The maximum Gasteiger partial charge on any atom is 0.0409 e. The molecule has 2 aromatic rings. The number of nitrogens with one attached hydrogen (secondary N) is 1. The van der Waals surface area contributed by atoms with Crippen molar-refractivity contribution in [3.8, 4) is 0 Å². The van der Waals surface area contributed by atoms with E-state index in [0.29, 0.717) is 0 Å². The van der Waals surface area contributed by atoms with Crippen molar-refractivity contribution in [1.29, 1.82) is 0 Å². The van der Waals surface area contributed by atoms with Crippen molar-refractivity contribution in [2.45, 2.75) is 40.3 Å². The highest BCUT2D eigenvalue weighted by Gasteiger charge is 2.07. The summed E-state index contributed by atoms with van der Waals surface area (Å²) in [5.74, 6) is 0. The topological polar surface area (TPSA) is 12.0 Å². The maximum absolute atomic E-state index is 6.04. The van der Waals surface area contributed by atoms with Crippen LogP contribution in [-0.2, 0) is 6.54 Å². The van der Waals surface area contributed by atoms with Gasteiger partial charge in [-0.1, -0.05) is 35.9 Å². The van der Waals surface area contributed by atoms with Crippen LogP contribution in [0.5, 0.6) is 0 Å². The standard InChI is InChI=1S/C18H22ClN/c1-12-8-14(3)17(9-13(12)2)11-20-15(4)16-6-5-7-18(19)10-16/h5-10,15,20H,11H2,1-4H3. The Bertz CT molecular complexity index is 604. The van der Waals surface area contributed by atoms with Crippen LogP contribution in [0.2, 0.25) is 5.02 Å². The van der Waals surface area contributed by atoms with E-state index in [4.69, 9.17) is 11.6 Å². The minimum Gasteiger partial charge on any atom is -0.306 e. The molecule has 0 heterocycles. The Labute approximate surface area is 127 Å². The van der Waals surface area contributed by atoms with Crippen LogP contribution in [0, 0.1) is 20.8 Å². The van der Waals surface area contributed by atoms with Gasteiger partial charge in [0.2, 0.25) is 0 Å². The fourth-order valence-electron chi connectivity index (χ4n) is 2.37. The molecule has 1 N–H and O–H groups in total. The first-order chi connectivity index (χ1) is 9.47. The first kappa shape index (κ1) is 15.1. The van der Waals surface area contributed by atoms with E-state index in [1.54, 1.807) is 0 Å². The summed E-state index contributed by atoms with van der Waals surface area (Å²) in [5.41, 5.74) is 6.64. The molecule has 106 valence electrons. The third-order valence-electron chi connectivity index (χ3n) is 3.90. The second-order valence-electron chi connectivity index (χ2n) is 5.52. The predicted molar refractivity (Wildman–Crippen MR) is 87.4 cm³/mol. The van der Waals surface area contributed by atoms with E-state index in [2.05, 4.69) is 51.2 Å². The molecule has 0 aliphatic carbocycles. The summed E-state index contributed by atoms with van der Waals surface area (Å²) in [5, 5.41) is 4.36. The van der Waals surface area contributed by atoms with E-state index in [0.717, 1.165) is 11.6 Å². The summed E-state index contributed by atoms with van der Waals surface area (Å²) in [6.45, 7) is 9.54. The Balaban J connectivity index is 2.07. The largest absolute Gasteiger partial charge is 0.306 e. The van der Waals surface area contributed by atoms with E-state index in [1.807, 2.05) is 18.2 Å². The Kier molecular flexibility index (Phi) is 4.85. The van der Waals surface area contributed by atoms with Crippen molar-refractivity contribution in [2.75, 3.05) is 0 Å². The molecule has 20 heavy (non-hydrogen) atoms. The lowest BCUT2D eigenvalue weighted by Gasteiger charge is -2.16. The van der Waals surface area contributed by atoms with E-state index < -0.39 is 0 Å². The van der Waals surface area contributed by atoms with Crippen molar-refractivity contribution in [3.63, 3.8) is 0 Å². The Hall–Kier alpha value is -1.31. The molecule has 0 aliphatic rings. The molecule has 0 saturated carbocycles. The Morgan fingerprint density at radius 2 is 1.70 bits per heavy atom. The molecule has 1 nitrogen and oxygen atoms in total. The molecule has 1 unspecified atom stereocenters. The number of rotatable bonds is 4. The second kappa shape index (κ2) is 6.43. The average molecular weight is 288 g/mol. The van der Waals surface area contributed by atoms with E-state index in [-0.39, 0.29) is 6.04 Å². The highest BCUT2D eigenvalue weighted by Crippen LogP contribution is 2.19. The van der Waals surface area contributed by atoms with Gasteiger partial charge >= 0.3 is 0 Å². The number of benzene rings is 2. The highest BCUT2D eigenvalue weighted by atomic mass is 35.5. The average Bonchev–Trinajstić information content (AvgIpc) is 2.41. The van der Waals surface area contributed by atoms with Gasteiger partial charge in [0, 0.05) is 17.6 Å². The van der Waals surface area contributed by atoms with Crippen molar-refractivity contribution in [3.05, 3.63) is 69.2 Å². The van der Waals surface area contributed by atoms with Gasteiger partial charge < -0.3 is 5.32 Å². The molecular formula is C18H22ClN. The van der Waals surface area contributed by atoms with Gasteiger partial charge in [0.05, 0.1) is 0 Å². The second-order valence-corrected chi connectivity index (χ2v) is 5.96. The molecule has 2 rings (SSSR count). The first-order valence-electron chi connectivity index (χ1n) is 7.03. The molecule has 0 aliphatic heterocycles. The number of halogens is 1. The minimum absolute atomic E-state index is 0.287. The van der Waals surface area contributed by atoms with Crippen LogP contribution in [0.15, 0.2) is 36.4 Å².